The van der Waals surface area contributed by atoms with Gasteiger partial charge in [-0.15, -0.1) is 28.2 Å². The Balaban J connectivity index is 1.57. The van der Waals surface area contributed by atoms with E-state index in [9.17, 15) is 4.79 Å². The number of carbonyl (C=O) groups excluding carboxylic acids is 1. The monoisotopic (exact) mass is 384 g/mol. The van der Waals surface area contributed by atoms with Crippen LogP contribution in [0.4, 0.5) is 5.69 Å². The Kier molecular flexibility index (Phi) is 4.82. The fourth-order valence-corrected chi connectivity index (χ4v) is 4.74. The van der Waals surface area contributed by atoms with Crippen molar-refractivity contribution < 1.29 is 4.79 Å². The normalized spacial score (nSPS) is 13.6. The second-order valence-corrected chi connectivity index (χ2v) is 8.27. The van der Waals surface area contributed by atoms with Crippen LogP contribution in [0.2, 0.25) is 0 Å². The number of nitrogens with two attached hydrogens (primary N) is 1. The number of thiophene rings is 1. The van der Waals surface area contributed by atoms with E-state index in [1.807, 2.05) is 18.4 Å². The van der Waals surface area contributed by atoms with E-state index in [0.717, 1.165) is 47.2 Å². The van der Waals surface area contributed by atoms with Gasteiger partial charge >= 0.3 is 0 Å². The predicted octanol–water partition coefficient (Wildman–Crippen LogP) is 3.80. The molecular weight excluding hydrogens is 364 g/mol. The van der Waals surface area contributed by atoms with Crippen molar-refractivity contribution in [1.82, 2.24) is 15.5 Å². The van der Waals surface area contributed by atoms with Gasteiger partial charge in [0.2, 0.25) is 0 Å². The molecule has 0 fully saturated rings. The lowest BCUT2D eigenvalue weighted by molar-refractivity contribution is 0.0956. The molecule has 0 unspecified atom stereocenters. The number of carbonyl (C=O) groups is 1. The molecule has 1 aromatic carbocycles. The Labute approximate surface area is 160 Å². The number of rotatable bonds is 4. The lowest BCUT2D eigenvalue weighted by atomic mass is 9.94. The fourth-order valence-electron chi connectivity index (χ4n) is 3.34. The number of benzene rings is 1. The molecule has 7 heteroatoms. The van der Waals surface area contributed by atoms with Gasteiger partial charge in [0.05, 0.1) is 11.4 Å². The molecule has 3 N–H and O–H groups in total. The molecule has 2 heterocycles. The molecule has 0 spiro atoms. The number of nitrogens with zero attached hydrogens (tertiary/aromatic N) is 2. The van der Waals surface area contributed by atoms with Gasteiger partial charge in [0.25, 0.3) is 5.91 Å². The van der Waals surface area contributed by atoms with Crippen LogP contribution < -0.4 is 11.1 Å². The van der Waals surface area contributed by atoms with Gasteiger partial charge in [-0.3, -0.25) is 4.79 Å². The maximum atomic E-state index is 12.7. The van der Waals surface area contributed by atoms with Gasteiger partial charge in [-0.25, -0.2) is 0 Å². The zero-order valence-electron chi connectivity index (χ0n) is 14.5. The van der Waals surface area contributed by atoms with Crippen LogP contribution in [0.5, 0.6) is 0 Å². The van der Waals surface area contributed by atoms with Crippen molar-refractivity contribution in [3.8, 4) is 0 Å². The van der Waals surface area contributed by atoms with Gasteiger partial charge < -0.3 is 11.1 Å². The number of nitrogen functional groups attached to an aromatic ring is 1. The highest BCUT2D eigenvalue weighted by atomic mass is 32.2. The highest BCUT2D eigenvalue weighted by Crippen LogP contribution is 2.37. The molecule has 1 aliphatic rings. The van der Waals surface area contributed by atoms with Crippen LogP contribution in [0, 0.1) is 0 Å². The van der Waals surface area contributed by atoms with E-state index in [1.54, 1.807) is 11.8 Å². The van der Waals surface area contributed by atoms with Crippen LogP contribution >= 0.6 is 23.1 Å². The molecule has 26 heavy (non-hydrogen) atoms. The summed E-state index contributed by atoms with van der Waals surface area (Å²) in [5, 5.41) is 12.6. The maximum absolute atomic E-state index is 12.7. The van der Waals surface area contributed by atoms with Crippen molar-refractivity contribution in [3.05, 3.63) is 46.0 Å². The quantitative estimate of drug-likeness (QED) is 0.669. The number of nitrogens with one attached hydrogen (secondary N) is 1. The third-order valence-corrected chi connectivity index (χ3v) is 6.58. The molecule has 0 aliphatic heterocycles. The smallest absolute Gasteiger partial charge is 0.263 e. The van der Waals surface area contributed by atoms with Gasteiger partial charge in [0.1, 0.15) is 9.71 Å². The minimum absolute atomic E-state index is 0.149. The first-order chi connectivity index (χ1) is 12.7. The number of anilines is 1. The highest BCUT2D eigenvalue weighted by molar-refractivity contribution is 7.98. The summed E-state index contributed by atoms with van der Waals surface area (Å²) in [6, 6.07) is 8.17. The van der Waals surface area contributed by atoms with E-state index >= 15 is 0 Å². The summed E-state index contributed by atoms with van der Waals surface area (Å²) in [4.78, 5) is 15.2. The highest BCUT2D eigenvalue weighted by Gasteiger charge is 2.23. The van der Waals surface area contributed by atoms with Gasteiger partial charge in [-0.2, -0.15) is 5.10 Å². The summed E-state index contributed by atoms with van der Waals surface area (Å²) in [6.07, 6.45) is 6.23. The molecule has 1 aliphatic carbocycles. The summed E-state index contributed by atoms with van der Waals surface area (Å²) < 4.78 is 0. The number of fused-ring (bicyclic) bond motifs is 3. The minimum atomic E-state index is -0.149. The van der Waals surface area contributed by atoms with E-state index < -0.39 is 0 Å². The number of aromatic nitrogens is 2. The summed E-state index contributed by atoms with van der Waals surface area (Å²) in [5.41, 5.74) is 10.2. The molecule has 0 saturated carbocycles. The summed E-state index contributed by atoms with van der Waals surface area (Å²) in [5.74, 6) is -0.149. The van der Waals surface area contributed by atoms with Crippen LogP contribution in [0.3, 0.4) is 0 Å². The van der Waals surface area contributed by atoms with Gasteiger partial charge in [0, 0.05) is 16.8 Å². The fraction of sp³-hybridized carbons (Fsp3) is 0.316. The first kappa shape index (κ1) is 17.3. The van der Waals surface area contributed by atoms with E-state index in [0.29, 0.717) is 17.1 Å². The Morgan fingerprint density at radius 3 is 2.77 bits per heavy atom. The second kappa shape index (κ2) is 7.25. The van der Waals surface area contributed by atoms with Crippen molar-refractivity contribution >= 4 is 44.9 Å². The molecule has 2 aromatic heterocycles. The first-order valence-electron chi connectivity index (χ1n) is 8.65. The molecule has 5 nitrogen and oxygen atoms in total. The number of hydrogen-bond acceptors (Lipinski definition) is 6. The van der Waals surface area contributed by atoms with Gasteiger partial charge in [0.15, 0.2) is 0 Å². The van der Waals surface area contributed by atoms with Gasteiger partial charge in [-0.05, 0) is 55.2 Å². The van der Waals surface area contributed by atoms with E-state index in [1.165, 1.54) is 21.8 Å². The third-order valence-electron chi connectivity index (χ3n) is 4.75. The molecule has 3 aromatic rings. The molecular formula is C19H20N4OS2. The minimum Gasteiger partial charge on any atom is -0.397 e. The molecule has 0 atom stereocenters. The van der Waals surface area contributed by atoms with Crippen LogP contribution in [0.15, 0.2) is 29.2 Å². The topological polar surface area (TPSA) is 80.9 Å². The van der Waals surface area contributed by atoms with Crippen molar-refractivity contribution in [2.45, 2.75) is 37.1 Å². The standard InChI is InChI=1S/C19H20N4OS2/c1-25-12-8-6-11(7-9-12)10-21-18(24)17-16(20)15-13-4-2-3-5-14(13)22-23-19(15)26-17/h6-9H,2-5,10,20H2,1H3,(H,21,24). The average Bonchev–Trinajstić information content (AvgIpc) is 3.03. The second-order valence-electron chi connectivity index (χ2n) is 6.39. The average molecular weight is 385 g/mol. The molecule has 0 bridgehead atoms. The molecule has 1 amide bonds. The van der Waals surface area contributed by atoms with E-state index in [4.69, 9.17) is 5.73 Å². The van der Waals surface area contributed by atoms with Crippen LogP contribution in [-0.4, -0.2) is 22.4 Å². The van der Waals surface area contributed by atoms with Crippen molar-refractivity contribution in [3.63, 3.8) is 0 Å². The van der Waals surface area contributed by atoms with E-state index in [-0.39, 0.29) is 5.91 Å². The van der Waals surface area contributed by atoms with Crippen LogP contribution in [0.1, 0.15) is 39.3 Å². The predicted molar refractivity (Wildman–Crippen MR) is 108 cm³/mol. The molecule has 0 saturated heterocycles. The lowest BCUT2D eigenvalue weighted by Gasteiger charge is -2.14. The lowest BCUT2D eigenvalue weighted by Crippen LogP contribution is -2.22. The molecule has 4 rings (SSSR count). The Morgan fingerprint density at radius 1 is 1.23 bits per heavy atom. The summed E-state index contributed by atoms with van der Waals surface area (Å²) in [7, 11) is 0. The largest absolute Gasteiger partial charge is 0.397 e. The van der Waals surface area contributed by atoms with Gasteiger partial charge in [-0.1, -0.05) is 12.1 Å². The summed E-state index contributed by atoms with van der Waals surface area (Å²) >= 11 is 3.03. The number of hydrogen-bond donors (Lipinski definition) is 2. The Bertz CT molecular complexity index is 966. The molecule has 134 valence electrons. The third kappa shape index (κ3) is 3.17. The zero-order valence-corrected chi connectivity index (χ0v) is 16.2. The summed E-state index contributed by atoms with van der Waals surface area (Å²) in [6.45, 7) is 0.477. The number of amides is 1. The number of thioether (sulfide) groups is 1. The van der Waals surface area contributed by atoms with Crippen molar-refractivity contribution in [1.29, 1.82) is 0 Å². The number of aryl methyl sites for hydroxylation is 2. The Hall–Kier alpha value is -2.12. The van der Waals surface area contributed by atoms with Crippen LogP contribution in [-0.2, 0) is 19.4 Å². The maximum Gasteiger partial charge on any atom is 0.263 e. The van der Waals surface area contributed by atoms with Crippen molar-refractivity contribution in [2.24, 2.45) is 0 Å². The van der Waals surface area contributed by atoms with Crippen LogP contribution in [0.25, 0.3) is 10.2 Å². The Morgan fingerprint density at radius 2 is 2.00 bits per heavy atom. The van der Waals surface area contributed by atoms with Crippen molar-refractivity contribution in [2.75, 3.05) is 12.0 Å². The zero-order chi connectivity index (χ0) is 18.1. The first-order valence-corrected chi connectivity index (χ1v) is 10.7. The molecule has 0 radical (unpaired) electrons. The van der Waals surface area contributed by atoms with E-state index in [2.05, 4.69) is 27.6 Å². The SMILES string of the molecule is CSc1ccc(CNC(=O)c2sc3nnc4c(c3c2N)CCCC4)cc1.